The number of hydrogen-bond acceptors (Lipinski definition) is 1. The summed E-state index contributed by atoms with van der Waals surface area (Å²) in [6, 6.07) is 0.403. The van der Waals surface area contributed by atoms with E-state index in [9.17, 15) is 4.39 Å². The molecule has 0 bridgehead atoms. The quantitative estimate of drug-likeness (QED) is 0.539. The highest BCUT2D eigenvalue weighted by atomic mass is 19.1. The summed E-state index contributed by atoms with van der Waals surface area (Å²) in [6.45, 7) is 2.88. The lowest BCUT2D eigenvalue weighted by atomic mass is 10.1. The Bertz CT molecular complexity index is 74.9. The molecule has 2 heteroatoms. The molecule has 0 spiro atoms. The van der Waals surface area contributed by atoms with E-state index in [0.29, 0.717) is 6.04 Å². The van der Waals surface area contributed by atoms with Crippen LogP contribution in [0, 0.1) is 5.92 Å². The summed E-state index contributed by atoms with van der Waals surface area (Å²) in [7, 11) is 0. The predicted octanol–water partition coefficient (Wildman–Crippen LogP) is 0.954. The molecular weight excluding hydrogens is 105 g/mol. The van der Waals surface area contributed by atoms with Crippen LogP contribution in [-0.2, 0) is 0 Å². The Morgan fingerprint density at radius 1 is 1.75 bits per heavy atom. The molecule has 0 aromatic carbocycles. The normalized spacial score (nSPS) is 38.2. The fourth-order valence-electron chi connectivity index (χ4n) is 1.12. The van der Waals surface area contributed by atoms with Crippen LogP contribution >= 0.6 is 0 Å². The third kappa shape index (κ3) is 0.996. The van der Waals surface area contributed by atoms with E-state index in [0.717, 1.165) is 13.0 Å². The minimum Gasteiger partial charge on any atom is -0.314 e. The number of hydrogen-bond donors (Lipinski definition) is 1. The summed E-state index contributed by atoms with van der Waals surface area (Å²) in [5.74, 6) is 0.287. The van der Waals surface area contributed by atoms with Crippen LogP contribution in [0.5, 0.6) is 0 Å². The van der Waals surface area contributed by atoms with Crippen molar-refractivity contribution in [3.8, 4) is 0 Å². The van der Waals surface area contributed by atoms with E-state index < -0.39 is 0 Å². The van der Waals surface area contributed by atoms with Crippen LogP contribution < -0.4 is 5.32 Å². The summed E-state index contributed by atoms with van der Waals surface area (Å²) < 4.78 is 11.9. The summed E-state index contributed by atoms with van der Waals surface area (Å²) in [6.07, 6.45) is 1.01. The Morgan fingerprint density at radius 2 is 2.50 bits per heavy atom. The summed E-state index contributed by atoms with van der Waals surface area (Å²) in [4.78, 5) is 0. The van der Waals surface area contributed by atoms with Crippen molar-refractivity contribution in [3.05, 3.63) is 0 Å². The highest BCUT2D eigenvalue weighted by molar-refractivity contribution is 4.78. The first kappa shape index (κ1) is 6.02. The molecule has 0 amide bonds. The van der Waals surface area contributed by atoms with Gasteiger partial charge < -0.3 is 5.32 Å². The molecule has 0 saturated carbocycles. The Balaban J connectivity index is 2.30. The van der Waals surface area contributed by atoms with Crippen molar-refractivity contribution >= 4 is 0 Å². The van der Waals surface area contributed by atoms with Crippen molar-refractivity contribution in [1.82, 2.24) is 5.32 Å². The van der Waals surface area contributed by atoms with Crippen molar-refractivity contribution in [2.75, 3.05) is 13.2 Å². The molecule has 1 aliphatic rings. The first-order chi connectivity index (χ1) is 3.84. The third-order valence-corrected chi connectivity index (χ3v) is 1.89. The number of nitrogens with one attached hydrogen (secondary N) is 1. The van der Waals surface area contributed by atoms with Gasteiger partial charge in [-0.25, -0.2) is 0 Å². The van der Waals surface area contributed by atoms with Gasteiger partial charge in [-0.05, 0) is 19.9 Å². The molecule has 1 rings (SSSR count). The maximum absolute atomic E-state index is 11.9. The van der Waals surface area contributed by atoms with Crippen LogP contribution in [0.2, 0.25) is 0 Å². The zero-order valence-electron chi connectivity index (χ0n) is 5.15. The second kappa shape index (κ2) is 2.44. The van der Waals surface area contributed by atoms with Gasteiger partial charge in [0.05, 0.1) is 6.67 Å². The number of alkyl halides is 1. The lowest BCUT2D eigenvalue weighted by Crippen LogP contribution is -2.23. The number of halogens is 1. The molecule has 0 aromatic rings. The maximum atomic E-state index is 11.9. The van der Waals surface area contributed by atoms with Crippen LogP contribution in [-0.4, -0.2) is 19.3 Å². The van der Waals surface area contributed by atoms with Crippen LogP contribution in [0.15, 0.2) is 0 Å². The lowest BCUT2D eigenvalue weighted by Gasteiger charge is -2.08. The average Bonchev–Trinajstić information content (AvgIpc) is 2.14. The van der Waals surface area contributed by atoms with E-state index in [1.807, 2.05) is 6.92 Å². The van der Waals surface area contributed by atoms with E-state index >= 15 is 0 Å². The van der Waals surface area contributed by atoms with Gasteiger partial charge in [-0.15, -0.1) is 0 Å². The lowest BCUT2D eigenvalue weighted by molar-refractivity contribution is 0.342. The third-order valence-electron chi connectivity index (χ3n) is 1.89. The minimum atomic E-state index is -0.159. The Hall–Kier alpha value is -0.110. The molecule has 2 atom stereocenters. The zero-order valence-corrected chi connectivity index (χ0v) is 5.15. The van der Waals surface area contributed by atoms with Gasteiger partial charge >= 0.3 is 0 Å². The molecule has 1 heterocycles. The molecule has 0 aromatic heterocycles. The van der Waals surface area contributed by atoms with E-state index in [2.05, 4.69) is 5.32 Å². The zero-order chi connectivity index (χ0) is 5.98. The molecule has 1 N–H and O–H groups in total. The summed E-state index contributed by atoms with van der Waals surface area (Å²) >= 11 is 0. The summed E-state index contributed by atoms with van der Waals surface area (Å²) in [5, 5.41) is 3.18. The molecule has 1 saturated heterocycles. The van der Waals surface area contributed by atoms with Crippen LogP contribution in [0.1, 0.15) is 13.3 Å². The Morgan fingerprint density at radius 3 is 2.75 bits per heavy atom. The van der Waals surface area contributed by atoms with E-state index in [1.54, 1.807) is 0 Å². The van der Waals surface area contributed by atoms with Crippen molar-refractivity contribution in [2.45, 2.75) is 19.4 Å². The van der Waals surface area contributed by atoms with Gasteiger partial charge in [0.25, 0.3) is 0 Å². The second-order valence-corrected chi connectivity index (χ2v) is 2.45. The summed E-state index contributed by atoms with van der Waals surface area (Å²) in [5.41, 5.74) is 0. The Kier molecular flexibility index (Phi) is 1.84. The second-order valence-electron chi connectivity index (χ2n) is 2.45. The highest BCUT2D eigenvalue weighted by Gasteiger charge is 2.21. The smallest absolute Gasteiger partial charge is 0.0937 e. The van der Waals surface area contributed by atoms with Gasteiger partial charge in [-0.1, -0.05) is 0 Å². The maximum Gasteiger partial charge on any atom is 0.0937 e. The van der Waals surface area contributed by atoms with E-state index in [4.69, 9.17) is 0 Å². The van der Waals surface area contributed by atoms with Gasteiger partial charge in [0.1, 0.15) is 0 Å². The van der Waals surface area contributed by atoms with Crippen molar-refractivity contribution < 1.29 is 4.39 Å². The molecule has 1 nitrogen and oxygen atoms in total. The van der Waals surface area contributed by atoms with Gasteiger partial charge in [0.2, 0.25) is 0 Å². The average molecular weight is 117 g/mol. The van der Waals surface area contributed by atoms with Crippen LogP contribution in [0.4, 0.5) is 4.39 Å². The topological polar surface area (TPSA) is 12.0 Å². The van der Waals surface area contributed by atoms with Crippen molar-refractivity contribution in [2.24, 2.45) is 5.92 Å². The first-order valence-corrected chi connectivity index (χ1v) is 3.14. The highest BCUT2D eigenvalue weighted by Crippen LogP contribution is 2.14. The molecule has 2 unspecified atom stereocenters. The molecule has 1 aliphatic heterocycles. The number of rotatable bonds is 1. The van der Waals surface area contributed by atoms with Crippen LogP contribution in [0.25, 0.3) is 0 Å². The van der Waals surface area contributed by atoms with Crippen LogP contribution in [0.3, 0.4) is 0 Å². The van der Waals surface area contributed by atoms with Gasteiger partial charge in [0.15, 0.2) is 0 Å². The molecule has 8 heavy (non-hydrogen) atoms. The molecule has 48 valence electrons. The van der Waals surface area contributed by atoms with Crippen molar-refractivity contribution in [3.63, 3.8) is 0 Å². The molecule has 1 fully saturated rings. The standard InChI is InChI=1S/C6H12FN/c1-5-6(4-7)2-3-8-5/h5-6,8H,2-4H2,1H3. The van der Waals surface area contributed by atoms with Gasteiger partial charge in [-0.2, -0.15) is 0 Å². The molecule has 0 radical (unpaired) electrons. The predicted molar refractivity (Wildman–Crippen MR) is 31.5 cm³/mol. The minimum absolute atomic E-state index is 0.159. The molecular formula is C6H12FN. The van der Waals surface area contributed by atoms with Crippen molar-refractivity contribution in [1.29, 1.82) is 0 Å². The fourth-order valence-corrected chi connectivity index (χ4v) is 1.12. The van der Waals surface area contributed by atoms with E-state index in [-0.39, 0.29) is 12.6 Å². The monoisotopic (exact) mass is 117 g/mol. The fraction of sp³-hybridized carbons (Fsp3) is 1.00. The SMILES string of the molecule is CC1NCCC1CF. The van der Waals surface area contributed by atoms with E-state index in [1.165, 1.54) is 0 Å². The first-order valence-electron chi connectivity index (χ1n) is 3.14. The molecule has 0 aliphatic carbocycles. The largest absolute Gasteiger partial charge is 0.314 e. The Labute approximate surface area is 49.3 Å². The van der Waals surface area contributed by atoms with Gasteiger partial charge in [0, 0.05) is 12.0 Å². The van der Waals surface area contributed by atoms with Gasteiger partial charge in [-0.3, -0.25) is 4.39 Å².